The predicted octanol–water partition coefficient (Wildman–Crippen LogP) is -0.0906. The third-order valence-corrected chi connectivity index (χ3v) is 2.09. The summed E-state index contributed by atoms with van der Waals surface area (Å²) < 4.78 is 0. The van der Waals surface area contributed by atoms with E-state index in [1.54, 1.807) is 24.8 Å². The lowest BCUT2D eigenvalue weighted by molar-refractivity contribution is -0.139. The maximum Gasteiger partial charge on any atom is 0.246 e. The van der Waals surface area contributed by atoms with Crippen molar-refractivity contribution in [3.63, 3.8) is 0 Å². The molecule has 0 saturated carbocycles. The number of carbonyl (C=O) groups excluding carboxylic acids is 2. The Morgan fingerprint density at radius 1 is 1.69 bits per heavy atom. The highest BCUT2D eigenvalue weighted by Gasteiger charge is 2.27. The molecule has 13 heavy (non-hydrogen) atoms. The Balaban J connectivity index is 2.68. The summed E-state index contributed by atoms with van der Waals surface area (Å²) in [6, 6.07) is -0.350. The van der Waals surface area contributed by atoms with Gasteiger partial charge < -0.3 is 10.2 Å². The number of nitrogens with zero attached hydrogens (tertiary/aromatic N) is 1. The normalized spacial score (nSPS) is 23.4. The zero-order valence-corrected chi connectivity index (χ0v) is 7.91. The average Bonchev–Trinajstić information content (AvgIpc) is 2.10. The summed E-state index contributed by atoms with van der Waals surface area (Å²) in [6.07, 6.45) is 3.16. The topological polar surface area (TPSA) is 49.4 Å². The van der Waals surface area contributed by atoms with Crippen LogP contribution >= 0.6 is 0 Å². The Morgan fingerprint density at radius 2 is 2.38 bits per heavy atom. The molecule has 0 aliphatic carbocycles. The van der Waals surface area contributed by atoms with Crippen LogP contribution in [-0.2, 0) is 9.59 Å². The summed E-state index contributed by atoms with van der Waals surface area (Å²) >= 11 is 0. The molecular weight excluding hydrogens is 168 g/mol. The molecule has 1 rings (SSSR count). The number of hydrogen-bond donors (Lipinski definition) is 1. The molecule has 1 aliphatic rings. The third kappa shape index (κ3) is 2.08. The molecule has 0 aromatic heterocycles. The summed E-state index contributed by atoms with van der Waals surface area (Å²) in [7, 11) is 0. The van der Waals surface area contributed by atoms with E-state index in [2.05, 4.69) is 5.32 Å². The van der Waals surface area contributed by atoms with Crippen LogP contribution < -0.4 is 5.32 Å². The molecule has 1 fully saturated rings. The summed E-state index contributed by atoms with van der Waals surface area (Å²) in [6.45, 7) is 4.66. The van der Waals surface area contributed by atoms with Gasteiger partial charge in [-0.05, 0) is 19.9 Å². The van der Waals surface area contributed by atoms with Crippen LogP contribution in [0.4, 0.5) is 0 Å². The number of hydrogen-bond acceptors (Lipinski definition) is 2. The maximum absolute atomic E-state index is 11.4. The van der Waals surface area contributed by atoms with Crippen molar-refractivity contribution in [1.29, 1.82) is 0 Å². The highest BCUT2D eigenvalue weighted by Crippen LogP contribution is 2.04. The zero-order valence-electron chi connectivity index (χ0n) is 7.91. The first-order valence-corrected chi connectivity index (χ1v) is 4.38. The van der Waals surface area contributed by atoms with Gasteiger partial charge in [0.25, 0.3) is 0 Å². The van der Waals surface area contributed by atoms with E-state index in [0.717, 1.165) is 0 Å². The molecule has 0 spiro atoms. The van der Waals surface area contributed by atoms with E-state index in [1.165, 1.54) is 6.08 Å². The van der Waals surface area contributed by atoms with Crippen molar-refractivity contribution >= 4 is 11.8 Å². The van der Waals surface area contributed by atoms with Gasteiger partial charge in [-0.15, -0.1) is 0 Å². The third-order valence-electron chi connectivity index (χ3n) is 2.09. The minimum absolute atomic E-state index is 0.0795. The molecule has 0 radical (unpaired) electrons. The number of carbonyl (C=O) groups is 2. The van der Waals surface area contributed by atoms with Crippen molar-refractivity contribution < 1.29 is 9.59 Å². The second kappa shape index (κ2) is 4.07. The quantitative estimate of drug-likeness (QED) is 0.576. The second-order valence-electron chi connectivity index (χ2n) is 3.00. The van der Waals surface area contributed by atoms with Crippen LogP contribution in [0.2, 0.25) is 0 Å². The van der Waals surface area contributed by atoms with Gasteiger partial charge in [-0.3, -0.25) is 9.59 Å². The maximum atomic E-state index is 11.4. The Hall–Kier alpha value is -1.32. The monoisotopic (exact) mass is 182 g/mol. The van der Waals surface area contributed by atoms with E-state index >= 15 is 0 Å². The first-order valence-electron chi connectivity index (χ1n) is 4.38. The Kier molecular flexibility index (Phi) is 3.06. The molecule has 1 unspecified atom stereocenters. The number of rotatable bonds is 1. The Morgan fingerprint density at radius 3 is 3.00 bits per heavy atom. The molecule has 1 aliphatic heterocycles. The summed E-state index contributed by atoms with van der Waals surface area (Å²) in [5.74, 6) is -0.172. The van der Waals surface area contributed by atoms with Crippen LogP contribution in [0.3, 0.4) is 0 Å². The van der Waals surface area contributed by atoms with E-state index in [0.29, 0.717) is 13.1 Å². The lowest BCUT2D eigenvalue weighted by Crippen LogP contribution is -2.55. The molecule has 1 atom stereocenters. The standard InChI is InChI=1S/C9H14N2O2/c1-3-4-8(12)11-6-5-10-9(13)7(11)2/h3-4,7H,5-6H2,1-2H3,(H,10,13). The van der Waals surface area contributed by atoms with Gasteiger partial charge in [0.1, 0.15) is 6.04 Å². The largest absolute Gasteiger partial charge is 0.353 e. The van der Waals surface area contributed by atoms with Gasteiger partial charge in [0.05, 0.1) is 0 Å². The van der Waals surface area contributed by atoms with Crippen molar-refractivity contribution in [3.8, 4) is 0 Å². The highest BCUT2D eigenvalue weighted by molar-refractivity contribution is 5.93. The minimum atomic E-state index is -0.350. The smallest absolute Gasteiger partial charge is 0.246 e. The zero-order chi connectivity index (χ0) is 9.84. The fraction of sp³-hybridized carbons (Fsp3) is 0.556. The lowest BCUT2D eigenvalue weighted by atomic mass is 10.2. The molecule has 4 nitrogen and oxygen atoms in total. The fourth-order valence-electron chi connectivity index (χ4n) is 1.32. The summed E-state index contributed by atoms with van der Waals surface area (Å²) in [4.78, 5) is 24.2. The van der Waals surface area contributed by atoms with Gasteiger partial charge >= 0.3 is 0 Å². The number of allylic oxidation sites excluding steroid dienone is 1. The van der Waals surface area contributed by atoms with Gasteiger partial charge in [-0.2, -0.15) is 0 Å². The van der Waals surface area contributed by atoms with Crippen molar-refractivity contribution in [2.24, 2.45) is 0 Å². The van der Waals surface area contributed by atoms with Crippen molar-refractivity contribution in [2.45, 2.75) is 19.9 Å². The number of piperazine rings is 1. The molecular formula is C9H14N2O2. The van der Waals surface area contributed by atoms with Crippen molar-refractivity contribution in [3.05, 3.63) is 12.2 Å². The van der Waals surface area contributed by atoms with Crippen LogP contribution in [-0.4, -0.2) is 35.8 Å². The molecule has 1 heterocycles. The van der Waals surface area contributed by atoms with Crippen LogP contribution in [0.25, 0.3) is 0 Å². The Labute approximate surface area is 77.6 Å². The van der Waals surface area contributed by atoms with Crippen LogP contribution in [0.15, 0.2) is 12.2 Å². The minimum Gasteiger partial charge on any atom is -0.353 e. The van der Waals surface area contributed by atoms with Gasteiger partial charge in [-0.25, -0.2) is 0 Å². The van der Waals surface area contributed by atoms with E-state index in [1.807, 2.05) is 0 Å². The number of nitrogens with one attached hydrogen (secondary N) is 1. The molecule has 72 valence electrons. The average molecular weight is 182 g/mol. The molecule has 0 aromatic rings. The fourth-order valence-corrected chi connectivity index (χ4v) is 1.32. The first-order chi connectivity index (χ1) is 6.16. The molecule has 0 aromatic carbocycles. The van der Waals surface area contributed by atoms with E-state index in [4.69, 9.17) is 0 Å². The van der Waals surface area contributed by atoms with Crippen molar-refractivity contribution in [1.82, 2.24) is 10.2 Å². The highest BCUT2D eigenvalue weighted by atomic mass is 16.2. The first kappa shape index (κ1) is 9.77. The molecule has 4 heteroatoms. The van der Waals surface area contributed by atoms with E-state index in [-0.39, 0.29) is 17.9 Å². The summed E-state index contributed by atoms with van der Waals surface area (Å²) in [5, 5.41) is 2.70. The predicted molar refractivity (Wildman–Crippen MR) is 49.0 cm³/mol. The van der Waals surface area contributed by atoms with Crippen LogP contribution in [0.5, 0.6) is 0 Å². The van der Waals surface area contributed by atoms with Gasteiger partial charge in [0.2, 0.25) is 11.8 Å². The van der Waals surface area contributed by atoms with Gasteiger partial charge in [0, 0.05) is 13.1 Å². The second-order valence-corrected chi connectivity index (χ2v) is 3.00. The van der Waals surface area contributed by atoms with Gasteiger partial charge in [0.15, 0.2) is 0 Å². The van der Waals surface area contributed by atoms with Crippen molar-refractivity contribution in [2.75, 3.05) is 13.1 Å². The Bertz CT molecular complexity index is 248. The van der Waals surface area contributed by atoms with Crippen LogP contribution in [0, 0.1) is 0 Å². The molecule has 1 saturated heterocycles. The lowest BCUT2D eigenvalue weighted by Gasteiger charge is -2.31. The number of amides is 2. The van der Waals surface area contributed by atoms with E-state index < -0.39 is 0 Å². The van der Waals surface area contributed by atoms with Gasteiger partial charge in [-0.1, -0.05) is 6.08 Å². The molecule has 2 amide bonds. The summed E-state index contributed by atoms with van der Waals surface area (Å²) in [5.41, 5.74) is 0. The molecule has 1 N–H and O–H groups in total. The molecule has 0 bridgehead atoms. The van der Waals surface area contributed by atoms with E-state index in [9.17, 15) is 9.59 Å². The van der Waals surface area contributed by atoms with Crippen LogP contribution in [0.1, 0.15) is 13.8 Å². The SMILES string of the molecule is CC=CC(=O)N1CCNC(=O)C1C.